The third kappa shape index (κ3) is 7.63. The number of nitro benzene ring substituents is 2. The number of hydrogen-bond acceptors (Lipinski definition) is 6. The van der Waals surface area contributed by atoms with Gasteiger partial charge in [-0.15, -0.1) is 11.8 Å². The molecule has 0 unspecified atom stereocenters. The molecule has 1 rings (SSSR count). The first-order chi connectivity index (χ1) is 11.4. The van der Waals surface area contributed by atoms with Gasteiger partial charge in [0.15, 0.2) is 0 Å². The van der Waals surface area contributed by atoms with Gasteiger partial charge in [-0.1, -0.05) is 46.0 Å². The Hall–Kier alpha value is -1.83. The van der Waals surface area contributed by atoms with Crippen LogP contribution in [0, 0.1) is 20.2 Å². The predicted molar refractivity (Wildman–Crippen MR) is 98.7 cm³/mol. The lowest BCUT2D eigenvalue weighted by Gasteiger charge is -2.12. The number of anilines is 1. The van der Waals surface area contributed by atoms with Crippen LogP contribution in [-0.4, -0.2) is 21.0 Å². The molecular weight excluding hydrogens is 330 g/mol. The molecule has 8 heteroatoms. The van der Waals surface area contributed by atoms with Crippen LogP contribution in [0.3, 0.4) is 0 Å². The molecule has 0 aliphatic heterocycles. The van der Waals surface area contributed by atoms with E-state index >= 15 is 0 Å². The highest BCUT2D eigenvalue weighted by atomic mass is 32.2. The molecule has 0 amide bonds. The van der Waals surface area contributed by atoms with E-state index in [4.69, 9.17) is 0 Å². The summed E-state index contributed by atoms with van der Waals surface area (Å²) < 4.78 is 0. The number of nitrogens with one attached hydrogen (secondary N) is 1. The molecule has 0 fully saturated rings. The molecule has 0 aliphatic carbocycles. The second-order valence-electron chi connectivity index (χ2n) is 5.75. The summed E-state index contributed by atoms with van der Waals surface area (Å²) in [5.74, 6) is 0.564. The molecule has 24 heavy (non-hydrogen) atoms. The van der Waals surface area contributed by atoms with Gasteiger partial charge in [0.25, 0.3) is 11.4 Å². The molecule has 0 aliphatic rings. The predicted octanol–water partition coefficient (Wildman–Crippen LogP) is 5.35. The standard InChI is InChI=1S/C16H25N3O4S/c1-3-4-5-6-7-8-13(2)24-12-17-14-9-15(18(20)21)11-16(10-14)19(22)23/h9-11,13,17H,3-8,12H2,1-2H3/t13-/m0/s1. The van der Waals surface area contributed by atoms with Crippen LogP contribution in [0.2, 0.25) is 0 Å². The molecule has 1 atom stereocenters. The average Bonchev–Trinajstić information content (AvgIpc) is 2.54. The van der Waals surface area contributed by atoms with Crippen LogP contribution in [0.25, 0.3) is 0 Å². The zero-order valence-corrected chi connectivity index (χ0v) is 15.0. The van der Waals surface area contributed by atoms with Crippen molar-refractivity contribution in [2.24, 2.45) is 0 Å². The lowest BCUT2D eigenvalue weighted by Crippen LogP contribution is -2.05. The van der Waals surface area contributed by atoms with Gasteiger partial charge in [0.05, 0.1) is 21.8 Å². The van der Waals surface area contributed by atoms with Gasteiger partial charge in [-0.25, -0.2) is 0 Å². The Morgan fingerprint density at radius 2 is 1.62 bits per heavy atom. The highest BCUT2D eigenvalue weighted by molar-refractivity contribution is 7.99. The molecule has 0 heterocycles. The molecule has 1 aromatic carbocycles. The zero-order valence-electron chi connectivity index (χ0n) is 14.2. The molecular formula is C16H25N3O4S. The Kier molecular flexibility index (Phi) is 9.14. The van der Waals surface area contributed by atoms with Crippen molar-refractivity contribution >= 4 is 28.8 Å². The van der Waals surface area contributed by atoms with Gasteiger partial charge in [0.2, 0.25) is 0 Å². The summed E-state index contributed by atoms with van der Waals surface area (Å²) in [6.07, 6.45) is 7.40. The van der Waals surface area contributed by atoms with Crippen LogP contribution >= 0.6 is 11.8 Å². The summed E-state index contributed by atoms with van der Waals surface area (Å²) >= 11 is 1.71. The number of unbranched alkanes of at least 4 members (excludes halogenated alkanes) is 4. The summed E-state index contributed by atoms with van der Waals surface area (Å²) in [4.78, 5) is 20.5. The van der Waals surface area contributed by atoms with Crippen molar-refractivity contribution in [3.05, 3.63) is 38.4 Å². The second-order valence-corrected chi connectivity index (χ2v) is 7.18. The monoisotopic (exact) mass is 355 g/mol. The molecule has 134 valence electrons. The number of nitro groups is 2. The first-order valence-corrected chi connectivity index (χ1v) is 9.28. The van der Waals surface area contributed by atoms with Crippen LogP contribution in [0.1, 0.15) is 52.4 Å². The normalized spacial score (nSPS) is 11.9. The molecule has 7 nitrogen and oxygen atoms in total. The van der Waals surface area contributed by atoms with Crippen molar-refractivity contribution < 1.29 is 9.85 Å². The lowest BCUT2D eigenvalue weighted by atomic mass is 10.1. The maximum absolute atomic E-state index is 10.9. The van der Waals surface area contributed by atoms with Gasteiger partial charge in [0.1, 0.15) is 0 Å². The molecule has 1 N–H and O–H groups in total. The Morgan fingerprint density at radius 3 is 2.17 bits per heavy atom. The van der Waals surface area contributed by atoms with Crippen LogP contribution in [0.5, 0.6) is 0 Å². The van der Waals surface area contributed by atoms with Gasteiger partial charge in [-0.05, 0) is 6.42 Å². The van der Waals surface area contributed by atoms with Gasteiger partial charge in [0, 0.05) is 23.1 Å². The summed E-state index contributed by atoms with van der Waals surface area (Å²) in [6.45, 7) is 4.35. The maximum atomic E-state index is 10.9. The van der Waals surface area contributed by atoms with Gasteiger partial charge < -0.3 is 5.32 Å². The Balaban J connectivity index is 2.43. The van der Waals surface area contributed by atoms with E-state index in [1.165, 1.54) is 44.2 Å². The van der Waals surface area contributed by atoms with Crippen LogP contribution in [0.15, 0.2) is 18.2 Å². The van der Waals surface area contributed by atoms with Gasteiger partial charge in [-0.3, -0.25) is 20.2 Å². The van der Waals surface area contributed by atoms with Crippen molar-refractivity contribution in [2.45, 2.75) is 57.6 Å². The highest BCUT2D eigenvalue weighted by Crippen LogP contribution is 2.27. The molecule has 0 radical (unpaired) electrons. The summed E-state index contributed by atoms with van der Waals surface area (Å²) in [5.41, 5.74) is -0.153. The third-order valence-corrected chi connectivity index (χ3v) is 4.80. The summed E-state index contributed by atoms with van der Waals surface area (Å²) in [7, 11) is 0. The number of hydrogen-bond donors (Lipinski definition) is 1. The second kappa shape index (κ2) is 10.9. The highest BCUT2D eigenvalue weighted by Gasteiger charge is 2.16. The Morgan fingerprint density at radius 1 is 1.04 bits per heavy atom. The van der Waals surface area contributed by atoms with Crippen molar-refractivity contribution in [1.29, 1.82) is 0 Å². The third-order valence-electron chi connectivity index (χ3n) is 3.68. The van der Waals surface area contributed by atoms with E-state index in [-0.39, 0.29) is 11.4 Å². The van der Waals surface area contributed by atoms with Crippen molar-refractivity contribution in [1.82, 2.24) is 0 Å². The summed E-state index contributed by atoms with van der Waals surface area (Å²) in [5, 5.41) is 25.2. The van der Waals surface area contributed by atoms with Crippen LogP contribution in [0.4, 0.5) is 17.1 Å². The fraction of sp³-hybridized carbons (Fsp3) is 0.625. The molecule has 0 saturated carbocycles. The maximum Gasteiger partial charge on any atom is 0.278 e. The minimum Gasteiger partial charge on any atom is -0.376 e. The fourth-order valence-corrected chi connectivity index (χ4v) is 3.16. The topological polar surface area (TPSA) is 98.3 Å². The van der Waals surface area contributed by atoms with E-state index < -0.39 is 9.85 Å². The SMILES string of the molecule is CCCCCCC[C@H](C)SCNc1cc([N+](=O)[O-])cc([N+](=O)[O-])c1. The smallest absolute Gasteiger partial charge is 0.278 e. The van der Waals surface area contributed by atoms with E-state index in [1.54, 1.807) is 11.8 Å². The fourth-order valence-electron chi connectivity index (χ4n) is 2.29. The number of rotatable bonds is 12. The van der Waals surface area contributed by atoms with Crippen molar-refractivity contribution in [3.8, 4) is 0 Å². The van der Waals surface area contributed by atoms with Crippen LogP contribution < -0.4 is 5.32 Å². The first kappa shape index (κ1) is 20.2. The minimum absolute atomic E-state index is 0.277. The van der Waals surface area contributed by atoms with Crippen molar-refractivity contribution in [3.63, 3.8) is 0 Å². The first-order valence-electron chi connectivity index (χ1n) is 8.23. The Bertz CT molecular complexity index is 522. The van der Waals surface area contributed by atoms with E-state index in [1.807, 2.05) is 0 Å². The zero-order chi connectivity index (χ0) is 17.9. The van der Waals surface area contributed by atoms with E-state index in [9.17, 15) is 20.2 Å². The number of benzene rings is 1. The van der Waals surface area contributed by atoms with Gasteiger partial charge >= 0.3 is 0 Å². The molecule has 0 saturated heterocycles. The van der Waals surface area contributed by atoms with Crippen LogP contribution in [-0.2, 0) is 0 Å². The lowest BCUT2D eigenvalue weighted by molar-refractivity contribution is -0.394. The van der Waals surface area contributed by atoms with Gasteiger partial charge in [-0.2, -0.15) is 0 Å². The molecule has 1 aromatic rings. The summed E-state index contributed by atoms with van der Waals surface area (Å²) in [6, 6.07) is 3.61. The Labute approximate surface area is 146 Å². The largest absolute Gasteiger partial charge is 0.376 e. The molecule has 0 spiro atoms. The number of thioether (sulfide) groups is 1. The van der Waals surface area contributed by atoms with Crippen molar-refractivity contribution in [2.75, 3.05) is 11.2 Å². The molecule has 0 aromatic heterocycles. The molecule has 0 bridgehead atoms. The quantitative estimate of drug-likeness (QED) is 0.235. The average molecular weight is 355 g/mol. The van der Waals surface area contributed by atoms with E-state index in [0.29, 0.717) is 16.8 Å². The van der Waals surface area contributed by atoms with E-state index in [2.05, 4.69) is 19.2 Å². The number of non-ortho nitro benzene ring substituents is 2. The minimum atomic E-state index is -0.621. The number of nitrogens with zero attached hydrogens (tertiary/aromatic N) is 2. The van der Waals surface area contributed by atoms with E-state index in [0.717, 1.165) is 12.5 Å².